The molecule has 0 aliphatic heterocycles. The molecule has 0 radical (unpaired) electrons. The summed E-state index contributed by atoms with van der Waals surface area (Å²) in [5.74, 6) is -0.702. The Kier molecular flexibility index (Phi) is 3.63. The van der Waals surface area contributed by atoms with Crippen LogP contribution in [0.1, 0.15) is 22.8 Å². The van der Waals surface area contributed by atoms with Crippen LogP contribution in [0.4, 0.5) is 23.2 Å². The lowest BCUT2D eigenvalue weighted by molar-refractivity contribution is -0.137. The van der Waals surface area contributed by atoms with Gasteiger partial charge in [0.2, 0.25) is 0 Å². The first-order valence-corrected chi connectivity index (χ1v) is 5.54. The summed E-state index contributed by atoms with van der Waals surface area (Å²) in [6.45, 7) is 0. The number of hydrogen-bond acceptors (Lipinski definition) is 3. The fraction of sp³-hybridized carbons (Fsp3) is 0.154. The molecule has 1 atom stereocenters. The fourth-order valence-electron chi connectivity index (χ4n) is 1.75. The molecule has 1 heterocycles. The lowest BCUT2D eigenvalue weighted by Crippen LogP contribution is -2.10. The third-order valence-corrected chi connectivity index (χ3v) is 2.75. The van der Waals surface area contributed by atoms with Crippen molar-refractivity contribution in [1.82, 2.24) is 4.98 Å². The maximum absolute atomic E-state index is 13.0. The average molecular weight is 286 g/mol. The zero-order valence-electron chi connectivity index (χ0n) is 10.0. The number of anilines is 1. The molecule has 106 valence electrons. The minimum absolute atomic E-state index is 0.0187. The van der Waals surface area contributed by atoms with Crippen molar-refractivity contribution in [2.75, 3.05) is 5.73 Å². The Morgan fingerprint density at radius 3 is 2.45 bits per heavy atom. The number of aliphatic hydroxyl groups is 1. The number of benzene rings is 1. The summed E-state index contributed by atoms with van der Waals surface area (Å²) in [5, 5.41) is 10.0. The van der Waals surface area contributed by atoms with Crippen LogP contribution < -0.4 is 5.73 Å². The first-order chi connectivity index (χ1) is 9.29. The van der Waals surface area contributed by atoms with Crippen LogP contribution in [-0.2, 0) is 6.18 Å². The molecule has 0 saturated carbocycles. The molecular weight excluding hydrogens is 276 g/mol. The largest absolute Gasteiger partial charge is 0.416 e. The second kappa shape index (κ2) is 5.09. The summed E-state index contributed by atoms with van der Waals surface area (Å²) >= 11 is 0. The second-order valence-corrected chi connectivity index (χ2v) is 4.18. The predicted octanol–water partition coefficient (Wildman–Crippen LogP) is 2.90. The Labute approximate surface area is 111 Å². The number of pyridine rings is 1. The molecule has 0 saturated heterocycles. The number of nitrogens with two attached hydrogens (primary N) is 1. The van der Waals surface area contributed by atoms with Gasteiger partial charge in [-0.25, -0.2) is 4.39 Å². The summed E-state index contributed by atoms with van der Waals surface area (Å²) in [6.07, 6.45) is -3.96. The molecule has 2 aromatic rings. The predicted molar refractivity (Wildman–Crippen MR) is 64.1 cm³/mol. The number of nitrogen functional groups attached to an aromatic ring is 1. The van der Waals surface area contributed by atoms with E-state index in [2.05, 4.69) is 4.98 Å². The minimum atomic E-state index is -4.55. The molecule has 0 fully saturated rings. The number of nitrogens with zero attached hydrogens (tertiary/aromatic N) is 1. The van der Waals surface area contributed by atoms with E-state index in [1.54, 1.807) is 0 Å². The van der Waals surface area contributed by atoms with Gasteiger partial charge in [-0.2, -0.15) is 13.2 Å². The molecule has 0 aliphatic rings. The quantitative estimate of drug-likeness (QED) is 0.659. The molecule has 0 aliphatic carbocycles. The molecule has 7 heteroatoms. The molecule has 20 heavy (non-hydrogen) atoms. The molecule has 2 rings (SSSR count). The van der Waals surface area contributed by atoms with Crippen molar-refractivity contribution >= 4 is 5.69 Å². The molecule has 3 nitrogen and oxygen atoms in total. The first-order valence-electron chi connectivity index (χ1n) is 5.54. The van der Waals surface area contributed by atoms with Crippen LogP contribution in [0, 0.1) is 5.82 Å². The summed E-state index contributed by atoms with van der Waals surface area (Å²) in [7, 11) is 0. The molecular formula is C13H10F4N2O. The molecule has 1 aromatic carbocycles. The highest BCUT2D eigenvalue weighted by Crippen LogP contribution is 2.34. The Morgan fingerprint density at radius 1 is 1.15 bits per heavy atom. The summed E-state index contributed by atoms with van der Waals surface area (Å²) in [5.41, 5.74) is 4.49. The third kappa shape index (κ3) is 2.88. The van der Waals surface area contributed by atoms with E-state index < -0.39 is 23.7 Å². The maximum Gasteiger partial charge on any atom is 0.416 e. The summed E-state index contributed by atoms with van der Waals surface area (Å²) in [4.78, 5) is 3.53. The van der Waals surface area contributed by atoms with Crippen LogP contribution >= 0.6 is 0 Å². The van der Waals surface area contributed by atoms with E-state index in [-0.39, 0.29) is 16.8 Å². The van der Waals surface area contributed by atoms with Gasteiger partial charge < -0.3 is 10.8 Å². The Morgan fingerprint density at radius 2 is 1.85 bits per heavy atom. The van der Waals surface area contributed by atoms with Crippen LogP contribution in [-0.4, -0.2) is 10.1 Å². The highest BCUT2D eigenvalue weighted by molar-refractivity contribution is 5.52. The molecule has 0 amide bonds. The van der Waals surface area contributed by atoms with Crippen molar-refractivity contribution in [2.24, 2.45) is 0 Å². The minimum Gasteiger partial charge on any atom is -0.398 e. The lowest BCUT2D eigenvalue weighted by atomic mass is 9.99. The van der Waals surface area contributed by atoms with Gasteiger partial charge in [0, 0.05) is 23.0 Å². The summed E-state index contributed by atoms with van der Waals surface area (Å²) in [6, 6.07) is 3.59. The Bertz CT molecular complexity index is 628. The smallest absolute Gasteiger partial charge is 0.398 e. The SMILES string of the molecule is Nc1ccc(C(F)(F)F)cc1C(O)c1cncc(F)c1. The van der Waals surface area contributed by atoms with E-state index in [0.717, 1.165) is 36.7 Å². The van der Waals surface area contributed by atoms with E-state index in [9.17, 15) is 22.7 Å². The molecule has 3 N–H and O–H groups in total. The summed E-state index contributed by atoms with van der Waals surface area (Å²) < 4.78 is 50.9. The number of rotatable bonds is 2. The van der Waals surface area contributed by atoms with Gasteiger partial charge in [0.05, 0.1) is 11.8 Å². The Balaban J connectivity index is 2.46. The van der Waals surface area contributed by atoms with Crippen LogP contribution in [0.25, 0.3) is 0 Å². The van der Waals surface area contributed by atoms with Crippen molar-refractivity contribution in [3.63, 3.8) is 0 Å². The van der Waals surface area contributed by atoms with Crippen LogP contribution in [0.2, 0.25) is 0 Å². The Hall–Kier alpha value is -2.15. The van der Waals surface area contributed by atoms with E-state index in [1.807, 2.05) is 0 Å². The van der Waals surface area contributed by atoms with Gasteiger partial charge in [-0.3, -0.25) is 4.98 Å². The number of alkyl halides is 3. The monoisotopic (exact) mass is 286 g/mol. The molecule has 0 bridgehead atoms. The van der Waals surface area contributed by atoms with Crippen LogP contribution in [0.15, 0.2) is 36.7 Å². The number of aromatic nitrogens is 1. The van der Waals surface area contributed by atoms with Crippen LogP contribution in [0.3, 0.4) is 0 Å². The van der Waals surface area contributed by atoms with Gasteiger partial charge in [-0.1, -0.05) is 0 Å². The molecule has 0 spiro atoms. The normalized spacial score (nSPS) is 13.2. The van der Waals surface area contributed by atoms with Crippen molar-refractivity contribution < 1.29 is 22.7 Å². The van der Waals surface area contributed by atoms with Gasteiger partial charge in [0.15, 0.2) is 0 Å². The third-order valence-electron chi connectivity index (χ3n) is 2.75. The standard InChI is InChI=1S/C13H10F4N2O/c14-9-3-7(5-19-6-9)12(20)10-4-8(13(15,16)17)1-2-11(10)18/h1-6,12,20H,18H2. The van der Waals surface area contributed by atoms with E-state index in [0.29, 0.717) is 0 Å². The van der Waals surface area contributed by atoms with Gasteiger partial charge in [0.1, 0.15) is 11.9 Å². The van der Waals surface area contributed by atoms with E-state index in [4.69, 9.17) is 5.73 Å². The van der Waals surface area contributed by atoms with Gasteiger partial charge in [0.25, 0.3) is 0 Å². The van der Waals surface area contributed by atoms with Crippen molar-refractivity contribution in [2.45, 2.75) is 12.3 Å². The second-order valence-electron chi connectivity index (χ2n) is 4.18. The van der Waals surface area contributed by atoms with Crippen LogP contribution in [0.5, 0.6) is 0 Å². The van der Waals surface area contributed by atoms with Crippen molar-refractivity contribution in [3.05, 3.63) is 59.2 Å². The zero-order chi connectivity index (χ0) is 14.9. The molecule has 1 aromatic heterocycles. The maximum atomic E-state index is 13.0. The van der Waals surface area contributed by atoms with E-state index in [1.165, 1.54) is 0 Å². The molecule has 1 unspecified atom stereocenters. The van der Waals surface area contributed by atoms with Gasteiger partial charge >= 0.3 is 6.18 Å². The number of halogens is 4. The fourth-order valence-corrected chi connectivity index (χ4v) is 1.75. The highest BCUT2D eigenvalue weighted by Gasteiger charge is 2.31. The average Bonchev–Trinajstić information content (AvgIpc) is 2.37. The zero-order valence-corrected chi connectivity index (χ0v) is 10.0. The topological polar surface area (TPSA) is 59.1 Å². The van der Waals surface area contributed by atoms with Crippen molar-refractivity contribution in [1.29, 1.82) is 0 Å². The number of hydrogen-bond donors (Lipinski definition) is 2. The van der Waals surface area contributed by atoms with Crippen molar-refractivity contribution in [3.8, 4) is 0 Å². The van der Waals surface area contributed by atoms with E-state index >= 15 is 0 Å². The van der Waals surface area contributed by atoms with Gasteiger partial charge in [-0.15, -0.1) is 0 Å². The highest BCUT2D eigenvalue weighted by atomic mass is 19.4. The van der Waals surface area contributed by atoms with Gasteiger partial charge in [-0.05, 0) is 24.3 Å². The lowest BCUT2D eigenvalue weighted by Gasteiger charge is -2.16. The first kappa shape index (κ1) is 14.3. The number of aliphatic hydroxyl groups excluding tert-OH is 1.